The zero-order valence-corrected chi connectivity index (χ0v) is 16.0. The predicted octanol–water partition coefficient (Wildman–Crippen LogP) is 3.07. The first-order valence-electron chi connectivity index (χ1n) is 8.27. The summed E-state index contributed by atoms with van der Waals surface area (Å²) < 4.78 is 10.2. The van der Waals surface area contributed by atoms with Gasteiger partial charge in [0.25, 0.3) is 5.91 Å². The van der Waals surface area contributed by atoms with Gasteiger partial charge >= 0.3 is 5.97 Å². The second-order valence-corrected chi connectivity index (χ2v) is 6.54. The molecular formula is C20H18N2O5S. The number of rotatable bonds is 9. The van der Waals surface area contributed by atoms with E-state index in [2.05, 4.69) is 5.32 Å². The number of ether oxygens (including phenoxy) is 2. The van der Waals surface area contributed by atoms with Crippen molar-refractivity contribution in [3.63, 3.8) is 0 Å². The van der Waals surface area contributed by atoms with Crippen LogP contribution < -0.4 is 10.1 Å². The molecule has 0 aliphatic rings. The van der Waals surface area contributed by atoms with Crippen LogP contribution in [0.3, 0.4) is 0 Å². The largest absolute Gasteiger partial charge is 0.482 e. The van der Waals surface area contributed by atoms with Crippen molar-refractivity contribution >= 4 is 35.1 Å². The molecule has 0 fully saturated rings. The molecule has 0 unspecified atom stereocenters. The highest BCUT2D eigenvalue weighted by molar-refractivity contribution is 7.99. The standard InChI is InChI=1S/C20H18N2O5S/c1-14(23)15-5-4-6-16(11-15)26-13-20(25)27-12-19(24)22-17-7-2-3-8-18(17)28-10-9-21/h2-8,11H,10,12-13H2,1H3,(H,22,24). The number of hydrogen-bond acceptors (Lipinski definition) is 7. The molecule has 28 heavy (non-hydrogen) atoms. The summed E-state index contributed by atoms with van der Waals surface area (Å²) in [6.45, 7) is 0.582. The van der Waals surface area contributed by atoms with E-state index >= 15 is 0 Å². The molecule has 2 aromatic rings. The average Bonchev–Trinajstić information content (AvgIpc) is 2.70. The van der Waals surface area contributed by atoms with Crippen LogP contribution in [0.5, 0.6) is 5.75 Å². The number of para-hydroxylation sites is 1. The SMILES string of the molecule is CC(=O)c1cccc(OCC(=O)OCC(=O)Nc2ccccc2SCC#N)c1. The number of ketones is 1. The number of Topliss-reactive ketones (excluding diaryl/α,β-unsaturated/α-hetero) is 1. The number of amides is 1. The van der Waals surface area contributed by atoms with Gasteiger partial charge in [-0.25, -0.2) is 4.79 Å². The summed E-state index contributed by atoms with van der Waals surface area (Å²) in [5.41, 5.74) is 1.01. The summed E-state index contributed by atoms with van der Waals surface area (Å²) in [6, 6.07) is 15.5. The third-order valence-electron chi connectivity index (χ3n) is 3.41. The second kappa shape index (κ2) is 10.7. The topological polar surface area (TPSA) is 105 Å². The predicted molar refractivity (Wildman–Crippen MR) is 104 cm³/mol. The molecule has 8 heteroatoms. The molecule has 2 aromatic carbocycles. The fourth-order valence-corrected chi connectivity index (χ4v) is 2.80. The Bertz CT molecular complexity index is 907. The minimum Gasteiger partial charge on any atom is -0.482 e. The Morgan fingerprint density at radius 3 is 2.64 bits per heavy atom. The van der Waals surface area contributed by atoms with E-state index in [1.807, 2.05) is 6.07 Å². The zero-order valence-electron chi connectivity index (χ0n) is 15.1. The lowest BCUT2D eigenvalue weighted by atomic mass is 10.1. The molecule has 0 saturated carbocycles. The molecule has 2 rings (SSSR count). The summed E-state index contributed by atoms with van der Waals surface area (Å²) >= 11 is 1.29. The van der Waals surface area contributed by atoms with E-state index in [0.29, 0.717) is 17.0 Å². The quantitative estimate of drug-likeness (QED) is 0.393. The summed E-state index contributed by atoms with van der Waals surface area (Å²) in [7, 11) is 0. The average molecular weight is 398 g/mol. The van der Waals surface area contributed by atoms with Crippen molar-refractivity contribution < 1.29 is 23.9 Å². The Morgan fingerprint density at radius 1 is 1.11 bits per heavy atom. The van der Waals surface area contributed by atoms with Crippen molar-refractivity contribution in [3.05, 3.63) is 54.1 Å². The van der Waals surface area contributed by atoms with Crippen molar-refractivity contribution in [1.82, 2.24) is 0 Å². The van der Waals surface area contributed by atoms with Crippen LogP contribution in [0.1, 0.15) is 17.3 Å². The van der Waals surface area contributed by atoms with Crippen molar-refractivity contribution in [2.75, 3.05) is 24.3 Å². The Balaban J connectivity index is 1.80. The first kappa shape index (κ1) is 21.0. The normalized spacial score (nSPS) is 9.86. The zero-order chi connectivity index (χ0) is 20.4. The highest BCUT2D eigenvalue weighted by Gasteiger charge is 2.11. The van der Waals surface area contributed by atoms with Crippen molar-refractivity contribution in [1.29, 1.82) is 5.26 Å². The third kappa shape index (κ3) is 6.78. The molecule has 0 spiro atoms. The number of thioether (sulfide) groups is 1. The van der Waals surface area contributed by atoms with Crippen molar-refractivity contribution in [2.24, 2.45) is 0 Å². The van der Waals surface area contributed by atoms with Gasteiger partial charge in [-0.15, -0.1) is 11.8 Å². The Kier molecular flexibility index (Phi) is 8.06. The maximum absolute atomic E-state index is 12.0. The minimum atomic E-state index is -0.712. The first-order valence-corrected chi connectivity index (χ1v) is 9.26. The van der Waals surface area contributed by atoms with Crippen LogP contribution in [0.4, 0.5) is 5.69 Å². The summed E-state index contributed by atoms with van der Waals surface area (Å²) in [5, 5.41) is 11.3. The highest BCUT2D eigenvalue weighted by atomic mass is 32.2. The third-order valence-corrected chi connectivity index (χ3v) is 4.36. The Morgan fingerprint density at radius 2 is 1.89 bits per heavy atom. The number of carbonyl (C=O) groups excluding carboxylic acids is 3. The first-order chi connectivity index (χ1) is 13.5. The number of benzene rings is 2. The lowest BCUT2D eigenvalue weighted by Gasteiger charge is -2.10. The summed E-state index contributed by atoms with van der Waals surface area (Å²) in [6.07, 6.45) is 0. The monoisotopic (exact) mass is 398 g/mol. The van der Waals surface area contributed by atoms with Gasteiger partial charge in [-0.2, -0.15) is 5.26 Å². The highest BCUT2D eigenvalue weighted by Crippen LogP contribution is 2.26. The van der Waals surface area contributed by atoms with Crippen molar-refractivity contribution in [3.8, 4) is 11.8 Å². The minimum absolute atomic E-state index is 0.113. The van der Waals surface area contributed by atoms with E-state index in [4.69, 9.17) is 14.7 Å². The number of hydrogen-bond donors (Lipinski definition) is 1. The van der Waals surface area contributed by atoms with Gasteiger partial charge in [0, 0.05) is 10.5 Å². The number of nitriles is 1. The number of carbonyl (C=O) groups is 3. The van der Waals surface area contributed by atoms with Gasteiger partial charge in [0.2, 0.25) is 0 Å². The van der Waals surface area contributed by atoms with Gasteiger partial charge in [-0.3, -0.25) is 9.59 Å². The van der Waals surface area contributed by atoms with Gasteiger partial charge in [-0.05, 0) is 31.2 Å². The lowest BCUT2D eigenvalue weighted by Crippen LogP contribution is -2.23. The molecule has 0 aliphatic carbocycles. The molecule has 0 radical (unpaired) electrons. The molecule has 0 aromatic heterocycles. The Hall–Kier alpha value is -3.31. The number of esters is 1. The molecule has 0 atom stereocenters. The van der Waals surface area contributed by atoms with E-state index in [1.165, 1.54) is 24.8 Å². The van der Waals surface area contributed by atoms with Crippen LogP contribution in [-0.2, 0) is 14.3 Å². The van der Waals surface area contributed by atoms with Gasteiger partial charge in [0.05, 0.1) is 17.5 Å². The summed E-state index contributed by atoms with van der Waals surface area (Å²) in [5.74, 6) is -0.716. The maximum atomic E-state index is 12.0. The lowest BCUT2D eigenvalue weighted by molar-refractivity contribution is -0.149. The van der Waals surface area contributed by atoms with Crippen LogP contribution in [0.15, 0.2) is 53.4 Å². The van der Waals surface area contributed by atoms with Gasteiger partial charge in [0.15, 0.2) is 19.0 Å². The number of nitrogens with one attached hydrogen (secondary N) is 1. The molecule has 7 nitrogen and oxygen atoms in total. The molecule has 1 amide bonds. The Labute approximate surface area is 166 Å². The van der Waals surface area contributed by atoms with E-state index in [0.717, 1.165) is 4.90 Å². The van der Waals surface area contributed by atoms with Gasteiger partial charge in [-0.1, -0.05) is 24.3 Å². The molecule has 144 valence electrons. The fraction of sp³-hybridized carbons (Fsp3) is 0.200. The second-order valence-electron chi connectivity index (χ2n) is 5.52. The van der Waals surface area contributed by atoms with Crippen molar-refractivity contribution in [2.45, 2.75) is 11.8 Å². The summed E-state index contributed by atoms with van der Waals surface area (Å²) in [4.78, 5) is 35.8. The fourth-order valence-electron chi connectivity index (χ4n) is 2.13. The molecule has 0 heterocycles. The van der Waals surface area contributed by atoms with Crippen LogP contribution in [0.2, 0.25) is 0 Å². The van der Waals surface area contributed by atoms with Crippen LogP contribution >= 0.6 is 11.8 Å². The van der Waals surface area contributed by atoms with Crippen LogP contribution in [0, 0.1) is 11.3 Å². The van der Waals surface area contributed by atoms with Crippen LogP contribution in [0.25, 0.3) is 0 Å². The van der Waals surface area contributed by atoms with Gasteiger partial charge in [0.1, 0.15) is 5.75 Å². The molecular weight excluding hydrogens is 380 g/mol. The van der Waals surface area contributed by atoms with E-state index in [9.17, 15) is 14.4 Å². The number of anilines is 1. The van der Waals surface area contributed by atoms with Crippen LogP contribution in [-0.4, -0.2) is 36.6 Å². The van der Waals surface area contributed by atoms with E-state index in [-0.39, 0.29) is 18.1 Å². The number of nitrogens with zero attached hydrogens (tertiary/aromatic N) is 1. The maximum Gasteiger partial charge on any atom is 0.344 e. The molecule has 0 saturated heterocycles. The van der Waals surface area contributed by atoms with E-state index in [1.54, 1.807) is 42.5 Å². The molecule has 1 N–H and O–H groups in total. The van der Waals surface area contributed by atoms with Gasteiger partial charge < -0.3 is 14.8 Å². The molecule has 0 bridgehead atoms. The van der Waals surface area contributed by atoms with E-state index < -0.39 is 18.5 Å². The smallest absolute Gasteiger partial charge is 0.344 e. The molecule has 0 aliphatic heterocycles.